The summed E-state index contributed by atoms with van der Waals surface area (Å²) in [6.45, 7) is 5.32. The molecule has 3 unspecified atom stereocenters. The van der Waals surface area contributed by atoms with Crippen LogP contribution in [0.25, 0.3) is 0 Å². The van der Waals surface area contributed by atoms with Crippen LogP contribution in [0.15, 0.2) is 0 Å². The minimum Gasteiger partial charge on any atom is -0.481 e. The Labute approximate surface area is 124 Å². The van der Waals surface area contributed by atoms with E-state index in [1.165, 1.54) is 4.90 Å². The highest BCUT2D eigenvalue weighted by atomic mass is 16.4. The smallest absolute Gasteiger partial charge is 0.318 e. The zero-order valence-electron chi connectivity index (χ0n) is 12.5. The van der Waals surface area contributed by atoms with Gasteiger partial charge in [-0.1, -0.05) is 0 Å². The van der Waals surface area contributed by atoms with Crippen LogP contribution in [-0.4, -0.2) is 64.5 Å². The maximum atomic E-state index is 12.2. The van der Waals surface area contributed by atoms with E-state index in [2.05, 4.69) is 5.32 Å². The predicted octanol–water partition coefficient (Wildman–Crippen LogP) is 0.502. The van der Waals surface area contributed by atoms with Crippen LogP contribution < -0.4 is 5.32 Å². The van der Waals surface area contributed by atoms with E-state index in [9.17, 15) is 14.4 Å². The molecule has 3 atom stereocenters. The van der Waals surface area contributed by atoms with Gasteiger partial charge in [-0.25, -0.2) is 4.79 Å². The van der Waals surface area contributed by atoms with E-state index in [4.69, 9.17) is 5.11 Å². The summed E-state index contributed by atoms with van der Waals surface area (Å²) in [5, 5.41) is 11.8. The third-order valence-electron chi connectivity index (χ3n) is 4.46. The van der Waals surface area contributed by atoms with Crippen LogP contribution in [0.2, 0.25) is 0 Å². The topological polar surface area (TPSA) is 90.0 Å². The summed E-state index contributed by atoms with van der Waals surface area (Å²) < 4.78 is 0. The zero-order chi connectivity index (χ0) is 15.6. The van der Waals surface area contributed by atoms with Gasteiger partial charge in [0.1, 0.15) is 6.04 Å². The van der Waals surface area contributed by atoms with Crippen molar-refractivity contribution in [1.29, 1.82) is 0 Å². The van der Waals surface area contributed by atoms with E-state index in [0.717, 1.165) is 25.9 Å². The maximum Gasteiger partial charge on any atom is 0.318 e. The molecular formula is C14H23N3O4. The molecule has 2 saturated heterocycles. The fourth-order valence-corrected chi connectivity index (χ4v) is 3.10. The molecule has 7 heteroatoms. The van der Waals surface area contributed by atoms with Gasteiger partial charge >= 0.3 is 12.0 Å². The number of rotatable bonds is 3. The van der Waals surface area contributed by atoms with Gasteiger partial charge in [-0.05, 0) is 33.1 Å². The van der Waals surface area contributed by atoms with E-state index < -0.39 is 17.9 Å². The second-order valence-electron chi connectivity index (χ2n) is 5.87. The number of likely N-dealkylation sites (tertiary alicyclic amines) is 2. The number of hydrogen-bond donors (Lipinski definition) is 2. The summed E-state index contributed by atoms with van der Waals surface area (Å²) in [7, 11) is 0. The molecule has 0 saturated carbocycles. The number of aliphatic carboxylic acids is 1. The molecular weight excluding hydrogens is 274 g/mol. The van der Waals surface area contributed by atoms with Gasteiger partial charge in [0.05, 0.1) is 5.92 Å². The highest BCUT2D eigenvalue weighted by Gasteiger charge is 2.39. The zero-order valence-corrected chi connectivity index (χ0v) is 12.5. The molecule has 2 aliphatic heterocycles. The van der Waals surface area contributed by atoms with Gasteiger partial charge in [-0.3, -0.25) is 9.59 Å². The molecule has 7 nitrogen and oxygen atoms in total. The first-order valence-electron chi connectivity index (χ1n) is 7.50. The Bertz CT molecular complexity index is 434. The lowest BCUT2D eigenvalue weighted by Gasteiger charge is -2.27. The molecule has 2 rings (SSSR count). The Kier molecular flexibility index (Phi) is 4.69. The third kappa shape index (κ3) is 3.28. The molecule has 0 aliphatic carbocycles. The van der Waals surface area contributed by atoms with Crippen molar-refractivity contribution in [3.05, 3.63) is 0 Å². The highest BCUT2D eigenvalue weighted by molar-refractivity contribution is 5.87. The van der Waals surface area contributed by atoms with Gasteiger partial charge in [0, 0.05) is 25.7 Å². The number of carbonyl (C=O) groups excluding carboxylic acids is 2. The summed E-state index contributed by atoms with van der Waals surface area (Å²) >= 11 is 0. The van der Waals surface area contributed by atoms with E-state index in [1.54, 1.807) is 18.7 Å². The first-order chi connectivity index (χ1) is 9.91. The first-order valence-corrected chi connectivity index (χ1v) is 7.50. The quantitative estimate of drug-likeness (QED) is 0.794. The van der Waals surface area contributed by atoms with Gasteiger partial charge in [-0.2, -0.15) is 0 Å². The summed E-state index contributed by atoms with van der Waals surface area (Å²) in [6.07, 6.45) is 2.48. The van der Waals surface area contributed by atoms with Crippen LogP contribution in [0.4, 0.5) is 4.79 Å². The van der Waals surface area contributed by atoms with Crippen LogP contribution in [-0.2, 0) is 9.59 Å². The number of nitrogens with one attached hydrogen (secondary N) is 1. The molecule has 3 amide bonds. The number of carbonyl (C=O) groups is 3. The van der Waals surface area contributed by atoms with Crippen LogP contribution >= 0.6 is 0 Å². The van der Waals surface area contributed by atoms with E-state index >= 15 is 0 Å². The summed E-state index contributed by atoms with van der Waals surface area (Å²) in [4.78, 5) is 38.7. The van der Waals surface area contributed by atoms with Crippen molar-refractivity contribution in [3.8, 4) is 0 Å². The minimum atomic E-state index is -0.876. The Balaban J connectivity index is 1.89. The molecule has 0 spiro atoms. The average Bonchev–Trinajstić information content (AvgIpc) is 3.06. The predicted molar refractivity (Wildman–Crippen MR) is 75.7 cm³/mol. The van der Waals surface area contributed by atoms with Crippen molar-refractivity contribution >= 4 is 17.9 Å². The van der Waals surface area contributed by atoms with Crippen LogP contribution in [0.3, 0.4) is 0 Å². The van der Waals surface area contributed by atoms with Gasteiger partial charge in [-0.15, -0.1) is 0 Å². The van der Waals surface area contributed by atoms with Crippen molar-refractivity contribution in [2.75, 3.05) is 19.6 Å². The molecule has 2 fully saturated rings. The van der Waals surface area contributed by atoms with E-state index in [0.29, 0.717) is 13.0 Å². The van der Waals surface area contributed by atoms with Crippen LogP contribution in [0.1, 0.15) is 33.1 Å². The largest absolute Gasteiger partial charge is 0.481 e. The van der Waals surface area contributed by atoms with E-state index in [1.807, 2.05) is 0 Å². The van der Waals surface area contributed by atoms with Crippen LogP contribution in [0.5, 0.6) is 0 Å². The summed E-state index contributed by atoms with van der Waals surface area (Å²) in [6, 6.07) is -1.28. The molecule has 2 N–H and O–H groups in total. The molecule has 0 aromatic rings. The lowest BCUT2D eigenvalue weighted by molar-refractivity contribution is -0.142. The first kappa shape index (κ1) is 15.6. The van der Waals surface area contributed by atoms with Gasteiger partial charge in [0.2, 0.25) is 5.91 Å². The molecule has 118 valence electrons. The van der Waals surface area contributed by atoms with Gasteiger partial charge in [0.15, 0.2) is 0 Å². The molecule has 2 heterocycles. The van der Waals surface area contributed by atoms with Crippen molar-refractivity contribution in [3.63, 3.8) is 0 Å². The fraction of sp³-hybridized carbons (Fsp3) is 0.786. The summed E-state index contributed by atoms with van der Waals surface area (Å²) in [5.41, 5.74) is 0. The second-order valence-corrected chi connectivity index (χ2v) is 5.87. The molecule has 21 heavy (non-hydrogen) atoms. The molecule has 0 radical (unpaired) electrons. The van der Waals surface area contributed by atoms with Gasteiger partial charge < -0.3 is 20.2 Å². The molecule has 0 aromatic carbocycles. The van der Waals surface area contributed by atoms with Crippen molar-refractivity contribution in [2.24, 2.45) is 5.92 Å². The number of carboxylic acids is 1. The normalized spacial score (nSPS) is 26.8. The maximum absolute atomic E-state index is 12.2. The van der Waals surface area contributed by atoms with Crippen LogP contribution in [0, 0.1) is 5.92 Å². The summed E-state index contributed by atoms with van der Waals surface area (Å²) in [5.74, 6) is -1.47. The Morgan fingerprint density at radius 1 is 1.19 bits per heavy atom. The average molecular weight is 297 g/mol. The Morgan fingerprint density at radius 3 is 2.33 bits per heavy atom. The lowest BCUT2D eigenvalue weighted by Crippen LogP contribution is -2.51. The number of amides is 3. The van der Waals surface area contributed by atoms with Crippen molar-refractivity contribution in [1.82, 2.24) is 15.1 Å². The Morgan fingerprint density at radius 2 is 1.81 bits per heavy atom. The Hall–Kier alpha value is -1.79. The number of hydrogen-bond acceptors (Lipinski definition) is 3. The minimum absolute atomic E-state index is 0.0671. The standard InChI is InChI=1S/C14H23N3O4/c1-9(12(18)16-6-3-4-7-16)15-14(21)17-8-5-11(10(17)2)13(19)20/h9-11H,3-8H2,1-2H3,(H,15,21)(H,19,20). The van der Waals surface area contributed by atoms with Crippen molar-refractivity contribution in [2.45, 2.75) is 45.2 Å². The number of urea groups is 1. The van der Waals surface area contributed by atoms with Gasteiger partial charge in [0.25, 0.3) is 0 Å². The third-order valence-corrected chi connectivity index (χ3v) is 4.46. The number of nitrogens with zero attached hydrogens (tertiary/aromatic N) is 2. The second kappa shape index (κ2) is 6.32. The molecule has 0 bridgehead atoms. The highest BCUT2D eigenvalue weighted by Crippen LogP contribution is 2.24. The van der Waals surface area contributed by atoms with E-state index in [-0.39, 0.29) is 18.0 Å². The SMILES string of the molecule is CC(NC(=O)N1CCC(C(=O)O)C1C)C(=O)N1CCCC1. The monoisotopic (exact) mass is 297 g/mol. The molecule has 0 aromatic heterocycles. The van der Waals surface area contributed by atoms with Crippen molar-refractivity contribution < 1.29 is 19.5 Å². The fourth-order valence-electron chi connectivity index (χ4n) is 3.10. The lowest BCUT2D eigenvalue weighted by atomic mass is 10.0. The number of carboxylic acid groups (broad SMARTS) is 1. The molecule has 2 aliphatic rings.